The molecule has 2 aromatic rings. The number of tetrazole rings is 1. The van der Waals surface area contributed by atoms with Gasteiger partial charge in [-0.2, -0.15) is 4.68 Å². The van der Waals surface area contributed by atoms with Crippen LogP contribution in [0.1, 0.15) is 0 Å². The zero-order valence-corrected chi connectivity index (χ0v) is 11.9. The van der Waals surface area contributed by atoms with Gasteiger partial charge >= 0.3 is 0 Å². The highest BCUT2D eigenvalue weighted by molar-refractivity contribution is 5.40. The molecule has 7 heteroatoms. The van der Waals surface area contributed by atoms with E-state index < -0.39 is 0 Å². The molecule has 21 heavy (non-hydrogen) atoms. The molecule has 0 saturated carbocycles. The third-order valence-corrected chi connectivity index (χ3v) is 4.33. The Morgan fingerprint density at radius 3 is 2.43 bits per heavy atom. The summed E-state index contributed by atoms with van der Waals surface area (Å²) in [7, 11) is 0. The van der Waals surface area contributed by atoms with Gasteiger partial charge in [0.2, 0.25) is 5.95 Å². The number of piperazine rings is 1. The maximum Gasteiger partial charge on any atom is 0.250 e. The minimum absolute atomic E-state index is 0.720. The molecule has 3 heterocycles. The number of nitrogens with zero attached hydrogens (tertiary/aromatic N) is 6. The third kappa shape index (κ3) is 2.38. The molecule has 1 aromatic carbocycles. The van der Waals surface area contributed by atoms with Crippen LogP contribution in [0.5, 0.6) is 0 Å². The van der Waals surface area contributed by atoms with Gasteiger partial charge in [-0.05, 0) is 22.6 Å². The molecule has 0 atom stereocenters. The quantitative estimate of drug-likeness (QED) is 0.839. The summed E-state index contributed by atoms with van der Waals surface area (Å²) >= 11 is 0. The van der Waals surface area contributed by atoms with Crippen molar-refractivity contribution in [1.29, 1.82) is 0 Å². The van der Waals surface area contributed by atoms with Crippen LogP contribution >= 0.6 is 0 Å². The predicted molar refractivity (Wildman–Crippen MR) is 79.6 cm³/mol. The summed E-state index contributed by atoms with van der Waals surface area (Å²) in [5.74, 6) is 0.840. The van der Waals surface area contributed by atoms with Crippen molar-refractivity contribution in [2.45, 2.75) is 6.04 Å². The maximum absolute atomic E-state index is 4.22. The summed E-state index contributed by atoms with van der Waals surface area (Å²) in [5, 5.41) is 15.5. The van der Waals surface area contributed by atoms with E-state index in [0.717, 1.165) is 56.9 Å². The summed E-state index contributed by atoms with van der Waals surface area (Å²) in [4.78, 5) is 4.83. The van der Waals surface area contributed by atoms with Crippen LogP contribution in [0.15, 0.2) is 30.3 Å². The molecule has 0 radical (unpaired) electrons. The van der Waals surface area contributed by atoms with Crippen molar-refractivity contribution < 1.29 is 0 Å². The van der Waals surface area contributed by atoms with Crippen LogP contribution in [-0.4, -0.2) is 70.4 Å². The van der Waals surface area contributed by atoms with Crippen molar-refractivity contribution in [3.63, 3.8) is 0 Å². The summed E-state index contributed by atoms with van der Waals surface area (Å²) in [6, 6.07) is 10.8. The molecule has 1 N–H and O–H groups in total. The highest BCUT2D eigenvalue weighted by atomic mass is 15.6. The largest absolute Gasteiger partial charge is 0.337 e. The molecule has 2 fully saturated rings. The van der Waals surface area contributed by atoms with E-state index in [9.17, 15) is 0 Å². The molecule has 0 spiro atoms. The summed E-state index contributed by atoms with van der Waals surface area (Å²) in [6.45, 7) is 6.36. The summed E-state index contributed by atoms with van der Waals surface area (Å²) in [6.07, 6.45) is 0. The zero-order valence-electron chi connectivity index (χ0n) is 11.9. The summed E-state index contributed by atoms with van der Waals surface area (Å²) < 4.78 is 1.82. The Hall–Kier alpha value is -1.99. The van der Waals surface area contributed by atoms with Gasteiger partial charge in [-0.3, -0.25) is 4.90 Å². The minimum Gasteiger partial charge on any atom is -0.337 e. The molecule has 1 aromatic heterocycles. The van der Waals surface area contributed by atoms with E-state index in [4.69, 9.17) is 0 Å². The Balaban J connectivity index is 1.49. The van der Waals surface area contributed by atoms with E-state index in [1.54, 1.807) is 0 Å². The van der Waals surface area contributed by atoms with Gasteiger partial charge in [0.05, 0.1) is 5.69 Å². The molecule has 0 amide bonds. The van der Waals surface area contributed by atoms with Crippen LogP contribution in [0.25, 0.3) is 5.69 Å². The lowest BCUT2D eigenvalue weighted by molar-refractivity contribution is 0.137. The van der Waals surface area contributed by atoms with Crippen molar-refractivity contribution in [3.8, 4) is 5.69 Å². The zero-order chi connectivity index (χ0) is 14.1. The van der Waals surface area contributed by atoms with Crippen molar-refractivity contribution >= 4 is 5.95 Å². The molecular formula is C14H19N7. The molecule has 0 aliphatic carbocycles. The standard InChI is InChI=1S/C14H19N7/c1-2-4-12(5-3-1)21-14(16-17-18-21)20-8-6-19(7-9-20)13-10-15-11-13/h1-5,13,15H,6-11H2. The molecule has 0 unspecified atom stereocenters. The third-order valence-electron chi connectivity index (χ3n) is 4.33. The number of anilines is 1. The first-order chi connectivity index (χ1) is 10.4. The minimum atomic E-state index is 0.720. The van der Waals surface area contributed by atoms with E-state index >= 15 is 0 Å². The van der Waals surface area contributed by atoms with Crippen molar-refractivity contribution in [2.75, 3.05) is 44.2 Å². The lowest BCUT2D eigenvalue weighted by Gasteiger charge is -2.43. The topological polar surface area (TPSA) is 62.1 Å². The van der Waals surface area contributed by atoms with Crippen LogP contribution in [0.2, 0.25) is 0 Å². The molecule has 4 rings (SSSR count). The summed E-state index contributed by atoms with van der Waals surface area (Å²) in [5.41, 5.74) is 1.00. The predicted octanol–water partition coefficient (Wildman–Crippen LogP) is -0.244. The van der Waals surface area contributed by atoms with Gasteiger partial charge < -0.3 is 10.2 Å². The average molecular weight is 285 g/mol. The lowest BCUT2D eigenvalue weighted by Crippen LogP contribution is -2.61. The number of aromatic nitrogens is 4. The van der Waals surface area contributed by atoms with Gasteiger partial charge in [-0.25, -0.2) is 0 Å². The number of rotatable bonds is 3. The maximum atomic E-state index is 4.22. The fourth-order valence-electron chi connectivity index (χ4n) is 2.93. The number of nitrogens with one attached hydrogen (secondary N) is 1. The first-order valence-corrected chi connectivity index (χ1v) is 7.45. The average Bonchev–Trinajstić information content (AvgIpc) is 2.97. The normalized spacial score (nSPS) is 20.5. The van der Waals surface area contributed by atoms with E-state index in [1.807, 2.05) is 35.0 Å². The van der Waals surface area contributed by atoms with E-state index in [1.165, 1.54) is 0 Å². The Bertz CT molecular complexity index is 584. The number of benzene rings is 1. The second-order valence-electron chi connectivity index (χ2n) is 5.56. The Kier molecular flexibility index (Phi) is 3.28. The Labute approximate surface area is 123 Å². The molecule has 7 nitrogen and oxygen atoms in total. The van der Waals surface area contributed by atoms with E-state index in [2.05, 4.69) is 30.6 Å². The first-order valence-electron chi connectivity index (χ1n) is 7.45. The fraction of sp³-hybridized carbons (Fsp3) is 0.500. The monoisotopic (exact) mass is 285 g/mol. The lowest BCUT2D eigenvalue weighted by atomic mass is 10.1. The van der Waals surface area contributed by atoms with E-state index in [-0.39, 0.29) is 0 Å². The van der Waals surface area contributed by atoms with Crippen LogP contribution < -0.4 is 10.2 Å². The Morgan fingerprint density at radius 2 is 1.76 bits per heavy atom. The van der Waals surface area contributed by atoms with Gasteiger partial charge in [0.25, 0.3) is 0 Å². The van der Waals surface area contributed by atoms with Crippen molar-refractivity contribution in [1.82, 2.24) is 30.4 Å². The van der Waals surface area contributed by atoms with Crippen LogP contribution in [0.4, 0.5) is 5.95 Å². The van der Waals surface area contributed by atoms with Gasteiger partial charge in [0.15, 0.2) is 0 Å². The van der Waals surface area contributed by atoms with Gasteiger partial charge in [0.1, 0.15) is 0 Å². The SMILES string of the molecule is c1ccc(-n2nnnc2N2CCN(C3CNC3)CC2)cc1. The molecular weight excluding hydrogens is 266 g/mol. The first kappa shape index (κ1) is 12.7. The second-order valence-corrected chi connectivity index (χ2v) is 5.56. The molecule has 0 bridgehead atoms. The van der Waals surface area contributed by atoms with Crippen LogP contribution in [0.3, 0.4) is 0 Å². The van der Waals surface area contributed by atoms with Gasteiger partial charge in [0, 0.05) is 45.3 Å². The number of para-hydroxylation sites is 1. The van der Waals surface area contributed by atoms with Crippen LogP contribution in [-0.2, 0) is 0 Å². The highest BCUT2D eigenvalue weighted by Crippen LogP contribution is 2.18. The molecule has 2 aliphatic heterocycles. The highest BCUT2D eigenvalue weighted by Gasteiger charge is 2.29. The van der Waals surface area contributed by atoms with Crippen molar-refractivity contribution in [3.05, 3.63) is 30.3 Å². The molecule has 2 aliphatic rings. The molecule has 2 saturated heterocycles. The Morgan fingerprint density at radius 1 is 1.00 bits per heavy atom. The fourth-order valence-corrected chi connectivity index (χ4v) is 2.93. The van der Waals surface area contributed by atoms with Crippen LogP contribution in [0, 0.1) is 0 Å². The van der Waals surface area contributed by atoms with Gasteiger partial charge in [-0.15, -0.1) is 0 Å². The smallest absolute Gasteiger partial charge is 0.250 e. The van der Waals surface area contributed by atoms with E-state index in [0.29, 0.717) is 0 Å². The van der Waals surface area contributed by atoms with Gasteiger partial charge in [-0.1, -0.05) is 23.3 Å². The second kappa shape index (κ2) is 5.42. The van der Waals surface area contributed by atoms with Crippen molar-refractivity contribution in [2.24, 2.45) is 0 Å². The number of hydrogen-bond donors (Lipinski definition) is 1. The number of hydrogen-bond acceptors (Lipinski definition) is 6. The molecule has 110 valence electrons.